The first-order chi connectivity index (χ1) is 18.4. The van der Waals surface area contributed by atoms with Gasteiger partial charge in [0, 0.05) is 17.8 Å². The first kappa shape index (κ1) is 25.1. The SMILES string of the molecule is O=C(NCc1cnco1)c1cc(NC(=O)c2cc(-c3ncccc3F)c(Cl)cc2Cl)n(-c2ccccc2)n1. The van der Waals surface area contributed by atoms with Crippen LogP contribution < -0.4 is 10.6 Å². The number of carbonyl (C=O) groups excluding carboxylic acids is 2. The Kier molecular flexibility index (Phi) is 7.16. The van der Waals surface area contributed by atoms with Crippen molar-refractivity contribution in [3.05, 3.63) is 112 Å². The van der Waals surface area contributed by atoms with Crippen molar-refractivity contribution >= 4 is 40.8 Å². The second-order valence-electron chi connectivity index (χ2n) is 7.91. The third-order valence-electron chi connectivity index (χ3n) is 5.41. The molecule has 0 aliphatic rings. The lowest BCUT2D eigenvalue weighted by Gasteiger charge is -2.12. The fourth-order valence-corrected chi connectivity index (χ4v) is 4.16. The number of benzene rings is 2. The topological polar surface area (TPSA) is 115 Å². The summed E-state index contributed by atoms with van der Waals surface area (Å²) in [6.07, 6.45) is 4.15. The van der Waals surface area contributed by atoms with Gasteiger partial charge in [-0.3, -0.25) is 14.6 Å². The average Bonchev–Trinajstić information content (AvgIpc) is 3.59. The minimum absolute atomic E-state index is 0.0215. The summed E-state index contributed by atoms with van der Waals surface area (Å²) in [7, 11) is 0. The molecule has 38 heavy (non-hydrogen) atoms. The molecule has 0 saturated carbocycles. The zero-order chi connectivity index (χ0) is 26.6. The minimum Gasteiger partial charge on any atom is -0.447 e. The van der Waals surface area contributed by atoms with Crippen molar-refractivity contribution in [2.24, 2.45) is 0 Å². The van der Waals surface area contributed by atoms with Crippen LogP contribution in [0.4, 0.5) is 10.2 Å². The Hall–Kier alpha value is -4.54. The third-order valence-corrected chi connectivity index (χ3v) is 6.03. The van der Waals surface area contributed by atoms with Crippen molar-refractivity contribution in [2.75, 3.05) is 5.32 Å². The van der Waals surface area contributed by atoms with Crippen LogP contribution in [0.15, 0.2) is 83.9 Å². The summed E-state index contributed by atoms with van der Waals surface area (Å²) >= 11 is 12.6. The number of halogens is 3. The van der Waals surface area contributed by atoms with Crippen molar-refractivity contribution in [2.45, 2.75) is 6.54 Å². The van der Waals surface area contributed by atoms with Crippen molar-refractivity contribution in [1.29, 1.82) is 0 Å². The Balaban J connectivity index is 1.47. The number of nitrogens with one attached hydrogen (secondary N) is 2. The highest BCUT2D eigenvalue weighted by Gasteiger charge is 2.21. The van der Waals surface area contributed by atoms with Gasteiger partial charge >= 0.3 is 0 Å². The fraction of sp³-hybridized carbons (Fsp3) is 0.0385. The number of hydrogen-bond acceptors (Lipinski definition) is 6. The molecule has 0 saturated heterocycles. The number of amides is 2. The van der Waals surface area contributed by atoms with E-state index in [9.17, 15) is 14.0 Å². The molecule has 0 spiro atoms. The number of para-hydroxylation sites is 1. The summed E-state index contributed by atoms with van der Waals surface area (Å²) in [5.74, 6) is -1.07. The van der Waals surface area contributed by atoms with E-state index < -0.39 is 17.6 Å². The van der Waals surface area contributed by atoms with Gasteiger partial charge in [-0.2, -0.15) is 5.10 Å². The van der Waals surface area contributed by atoms with Gasteiger partial charge in [-0.1, -0.05) is 41.4 Å². The second-order valence-corrected chi connectivity index (χ2v) is 8.73. The normalized spacial score (nSPS) is 10.8. The van der Waals surface area contributed by atoms with E-state index in [1.54, 1.807) is 24.3 Å². The Morgan fingerprint density at radius 1 is 1.00 bits per heavy atom. The van der Waals surface area contributed by atoms with Gasteiger partial charge < -0.3 is 15.1 Å². The van der Waals surface area contributed by atoms with Gasteiger partial charge in [0.15, 0.2) is 12.1 Å². The molecule has 0 fully saturated rings. The number of hydrogen-bond donors (Lipinski definition) is 2. The molecule has 0 aliphatic carbocycles. The predicted octanol–water partition coefficient (Wildman–Crippen LogP) is 5.55. The van der Waals surface area contributed by atoms with Gasteiger partial charge in [-0.05, 0) is 36.4 Å². The second kappa shape index (κ2) is 10.8. The molecule has 9 nitrogen and oxygen atoms in total. The highest BCUT2D eigenvalue weighted by Crippen LogP contribution is 2.33. The van der Waals surface area contributed by atoms with Gasteiger partial charge in [-0.25, -0.2) is 14.1 Å². The maximum absolute atomic E-state index is 14.4. The molecular formula is C26H17Cl2FN6O3. The van der Waals surface area contributed by atoms with Crippen LogP contribution in [0.25, 0.3) is 16.9 Å². The van der Waals surface area contributed by atoms with Gasteiger partial charge in [0.05, 0.1) is 34.0 Å². The molecule has 2 N–H and O–H groups in total. The Morgan fingerprint density at radius 3 is 2.55 bits per heavy atom. The highest BCUT2D eigenvalue weighted by molar-refractivity contribution is 6.38. The monoisotopic (exact) mass is 550 g/mol. The lowest BCUT2D eigenvalue weighted by Crippen LogP contribution is -2.23. The van der Waals surface area contributed by atoms with E-state index >= 15 is 0 Å². The number of pyridine rings is 1. The maximum Gasteiger partial charge on any atom is 0.272 e. The Morgan fingerprint density at radius 2 is 1.82 bits per heavy atom. The molecule has 3 aromatic heterocycles. The number of oxazole rings is 1. The number of nitrogens with zero attached hydrogens (tertiary/aromatic N) is 4. The smallest absolute Gasteiger partial charge is 0.272 e. The first-order valence-corrected chi connectivity index (χ1v) is 11.9. The maximum atomic E-state index is 14.4. The van der Waals surface area contributed by atoms with Crippen molar-refractivity contribution in [1.82, 2.24) is 25.1 Å². The van der Waals surface area contributed by atoms with Crippen molar-refractivity contribution in [3.63, 3.8) is 0 Å². The summed E-state index contributed by atoms with van der Waals surface area (Å²) in [6, 6.07) is 15.7. The summed E-state index contributed by atoms with van der Waals surface area (Å²) in [6.45, 7) is 0.103. The van der Waals surface area contributed by atoms with Gasteiger partial charge in [-0.15, -0.1) is 0 Å². The fourth-order valence-electron chi connectivity index (χ4n) is 3.61. The zero-order valence-electron chi connectivity index (χ0n) is 19.4. The van der Waals surface area contributed by atoms with E-state index in [1.807, 2.05) is 6.07 Å². The van der Waals surface area contributed by atoms with E-state index in [4.69, 9.17) is 27.6 Å². The van der Waals surface area contributed by atoms with Gasteiger partial charge in [0.2, 0.25) is 0 Å². The van der Waals surface area contributed by atoms with Crippen molar-refractivity contribution in [3.8, 4) is 16.9 Å². The molecule has 3 heterocycles. The van der Waals surface area contributed by atoms with Gasteiger partial charge in [0.1, 0.15) is 23.1 Å². The number of carbonyl (C=O) groups is 2. The van der Waals surface area contributed by atoms with Crippen LogP contribution in [0.5, 0.6) is 0 Å². The first-order valence-electron chi connectivity index (χ1n) is 11.1. The van der Waals surface area contributed by atoms with E-state index in [2.05, 4.69) is 25.7 Å². The van der Waals surface area contributed by atoms with E-state index in [-0.39, 0.29) is 44.9 Å². The predicted molar refractivity (Wildman–Crippen MR) is 139 cm³/mol. The van der Waals surface area contributed by atoms with Crippen LogP contribution in [-0.4, -0.2) is 31.6 Å². The van der Waals surface area contributed by atoms with Crippen LogP contribution in [0.1, 0.15) is 26.6 Å². The standard InChI is InChI=1S/C26H17Cl2FN6O3/c27-19-10-20(28)18(9-17(19)24-21(29)7-4-8-31-24)25(36)33-23-11-22(26(37)32-13-16-12-30-14-38-16)34-35(23)15-5-2-1-3-6-15/h1-12,14H,13H2,(H,32,37)(H,33,36). The zero-order valence-corrected chi connectivity index (χ0v) is 20.9. The van der Waals surface area contributed by atoms with Crippen LogP contribution >= 0.6 is 23.2 Å². The summed E-state index contributed by atoms with van der Waals surface area (Å²) in [5, 5.41) is 9.96. The third kappa shape index (κ3) is 5.26. The number of aromatic nitrogens is 4. The highest BCUT2D eigenvalue weighted by atomic mass is 35.5. The average molecular weight is 551 g/mol. The molecule has 12 heteroatoms. The molecule has 5 aromatic rings. The summed E-state index contributed by atoms with van der Waals surface area (Å²) in [5.41, 5.74) is 0.831. The quantitative estimate of drug-likeness (QED) is 0.274. The minimum atomic E-state index is -0.630. The molecule has 190 valence electrons. The lowest BCUT2D eigenvalue weighted by molar-refractivity contribution is 0.0941. The Labute approximate surface area is 225 Å². The van der Waals surface area contributed by atoms with Crippen LogP contribution in [0, 0.1) is 5.82 Å². The molecule has 0 atom stereocenters. The van der Waals surface area contributed by atoms with Crippen LogP contribution in [0.2, 0.25) is 10.0 Å². The molecule has 5 rings (SSSR count). The summed E-state index contributed by atoms with van der Waals surface area (Å²) in [4.78, 5) is 34.0. The number of rotatable bonds is 7. The molecule has 2 aromatic carbocycles. The van der Waals surface area contributed by atoms with Gasteiger partial charge in [0.25, 0.3) is 11.8 Å². The van der Waals surface area contributed by atoms with E-state index in [0.29, 0.717) is 11.4 Å². The lowest BCUT2D eigenvalue weighted by atomic mass is 10.1. The molecule has 0 aliphatic heterocycles. The number of anilines is 1. The van der Waals surface area contributed by atoms with Crippen LogP contribution in [-0.2, 0) is 6.54 Å². The van der Waals surface area contributed by atoms with Crippen LogP contribution in [0.3, 0.4) is 0 Å². The molecule has 0 radical (unpaired) electrons. The van der Waals surface area contributed by atoms with Crippen molar-refractivity contribution < 1.29 is 18.4 Å². The Bertz CT molecular complexity index is 1620. The molecule has 0 bridgehead atoms. The largest absolute Gasteiger partial charge is 0.447 e. The molecule has 2 amide bonds. The molecular weight excluding hydrogens is 534 g/mol. The van der Waals surface area contributed by atoms with E-state index in [1.165, 1.54) is 53.8 Å². The summed E-state index contributed by atoms with van der Waals surface area (Å²) < 4.78 is 20.9. The molecule has 0 unspecified atom stereocenters. The van der Waals surface area contributed by atoms with E-state index in [0.717, 1.165) is 0 Å².